The number of nitrogens with zero attached hydrogens (tertiary/aromatic N) is 4. The van der Waals surface area contributed by atoms with Crippen LogP contribution in [0.15, 0.2) is 40.2 Å². The monoisotopic (exact) mass is 450 g/mol. The Morgan fingerprint density at radius 2 is 1.87 bits per heavy atom. The van der Waals surface area contributed by atoms with E-state index in [1.165, 1.54) is 27.4 Å². The molecule has 0 atom stereocenters. The van der Waals surface area contributed by atoms with Gasteiger partial charge in [0.05, 0.1) is 30.4 Å². The van der Waals surface area contributed by atoms with E-state index in [1.807, 2.05) is 0 Å². The summed E-state index contributed by atoms with van der Waals surface area (Å²) in [7, 11) is -4.93. The van der Waals surface area contributed by atoms with E-state index >= 15 is 0 Å². The average Bonchev–Trinajstić information content (AvgIpc) is 2.95. The Morgan fingerprint density at radius 3 is 2.53 bits per heavy atom. The zero-order valence-electron chi connectivity index (χ0n) is 16.9. The molecule has 0 radical (unpaired) electrons. The van der Waals surface area contributed by atoms with Crippen LogP contribution in [0.3, 0.4) is 0 Å². The van der Waals surface area contributed by atoms with Crippen LogP contribution in [0.2, 0.25) is 0 Å². The van der Waals surface area contributed by atoms with Gasteiger partial charge in [-0.2, -0.15) is 9.40 Å². The van der Waals surface area contributed by atoms with Gasteiger partial charge in [0.15, 0.2) is 9.84 Å². The fourth-order valence-corrected chi connectivity index (χ4v) is 5.39. The Kier molecular flexibility index (Phi) is 4.87. The molecule has 0 unspecified atom stereocenters. The molecule has 9 nitrogen and oxygen atoms in total. The van der Waals surface area contributed by atoms with E-state index in [1.54, 1.807) is 29.9 Å². The lowest BCUT2D eigenvalue weighted by atomic mass is 10.1. The number of aryl methyl sites for hydroxylation is 1. The van der Waals surface area contributed by atoms with E-state index < -0.39 is 19.9 Å². The van der Waals surface area contributed by atoms with E-state index in [9.17, 15) is 21.6 Å². The molecule has 0 amide bonds. The molecule has 0 fully saturated rings. The van der Waals surface area contributed by atoms with Crippen molar-refractivity contribution in [3.05, 3.63) is 57.6 Å². The third kappa shape index (κ3) is 3.57. The lowest BCUT2D eigenvalue weighted by Crippen LogP contribution is -2.35. The predicted molar refractivity (Wildman–Crippen MR) is 113 cm³/mol. The Labute approximate surface area is 174 Å². The van der Waals surface area contributed by atoms with Gasteiger partial charge >= 0.3 is 0 Å². The molecule has 3 aromatic rings. The summed E-state index contributed by atoms with van der Waals surface area (Å²) < 4.78 is 51.9. The van der Waals surface area contributed by atoms with Crippen molar-refractivity contribution < 1.29 is 16.8 Å². The molecule has 30 heavy (non-hydrogen) atoms. The van der Waals surface area contributed by atoms with Crippen LogP contribution < -0.4 is 5.56 Å². The molecular formula is C19H22N4O5S2. The first kappa shape index (κ1) is 20.8. The van der Waals surface area contributed by atoms with Crippen molar-refractivity contribution in [3.8, 4) is 0 Å². The topological polar surface area (TPSA) is 111 Å². The summed E-state index contributed by atoms with van der Waals surface area (Å²) in [4.78, 5) is 13.3. The Hall–Kier alpha value is -2.50. The highest BCUT2D eigenvalue weighted by Crippen LogP contribution is 2.28. The molecule has 11 heteroatoms. The van der Waals surface area contributed by atoms with E-state index in [2.05, 4.69) is 5.10 Å². The number of sulfonamides is 1. The van der Waals surface area contributed by atoms with Crippen molar-refractivity contribution in [1.29, 1.82) is 0 Å². The fourth-order valence-electron chi connectivity index (χ4n) is 3.92. The van der Waals surface area contributed by atoms with E-state index in [0.717, 1.165) is 22.9 Å². The zero-order chi connectivity index (χ0) is 21.8. The van der Waals surface area contributed by atoms with Crippen LogP contribution in [0.25, 0.3) is 10.9 Å². The van der Waals surface area contributed by atoms with Gasteiger partial charge in [-0.25, -0.2) is 21.5 Å². The minimum atomic E-state index is -3.35. The third-order valence-corrected chi connectivity index (χ3v) is 7.86. The molecule has 2 aromatic heterocycles. The highest BCUT2D eigenvalue weighted by Gasteiger charge is 2.28. The maximum atomic E-state index is 13.2. The van der Waals surface area contributed by atoms with Crippen molar-refractivity contribution in [1.82, 2.24) is 18.7 Å². The summed E-state index contributed by atoms with van der Waals surface area (Å²) in [5.41, 5.74) is 2.54. The third-order valence-electron chi connectivity index (χ3n) is 5.50. The van der Waals surface area contributed by atoms with Gasteiger partial charge in [0.1, 0.15) is 5.52 Å². The molecule has 1 aromatic carbocycles. The van der Waals surface area contributed by atoms with Gasteiger partial charge in [0.2, 0.25) is 10.0 Å². The highest BCUT2D eigenvalue weighted by molar-refractivity contribution is 7.90. The first-order chi connectivity index (χ1) is 14.0. The average molecular weight is 451 g/mol. The van der Waals surface area contributed by atoms with Gasteiger partial charge in [0.25, 0.3) is 5.56 Å². The van der Waals surface area contributed by atoms with Gasteiger partial charge in [-0.3, -0.25) is 4.79 Å². The normalized spacial score (nSPS) is 15.4. The molecule has 0 saturated carbocycles. The quantitative estimate of drug-likeness (QED) is 0.572. The molecule has 0 spiro atoms. The zero-order valence-corrected chi connectivity index (χ0v) is 18.5. The minimum absolute atomic E-state index is 0.128. The van der Waals surface area contributed by atoms with Crippen LogP contribution in [-0.2, 0) is 46.4 Å². The van der Waals surface area contributed by atoms with Crippen LogP contribution in [0, 0.1) is 0 Å². The fraction of sp³-hybridized carbons (Fsp3) is 0.368. The number of hydrogen-bond acceptors (Lipinski definition) is 6. The second kappa shape index (κ2) is 7.03. The van der Waals surface area contributed by atoms with Crippen molar-refractivity contribution in [2.75, 3.05) is 19.1 Å². The smallest absolute Gasteiger partial charge is 0.291 e. The van der Waals surface area contributed by atoms with Gasteiger partial charge in [-0.05, 0) is 29.7 Å². The van der Waals surface area contributed by atoms with Crippen LogP contribution >= 0.6 is 0 Å². The first-order valence-electron chi connectivity index (χ1n) is 9.27. The van der Waals surface area contributed by atoms with Crippen LogP contribution in [0.4, 0.5) is 0 Å². The van der Waals surface area contributed by atoms with Crippen LogP contribution in [-0.4, -0.2) is 54.5 Å². The van der Waals surface area contributed by atoms with E-state index in [-0.39, 0.29) is 23.5 Å². The van der Waals surface area contributed by atoms with E-state index in [0.29, 0.717) is 24.0 Å². The molecule has 4 rings (SSSR count). The van der Waals surface area contributed by atoms with Crippen molar-refractivity contribution in [2.45, 2.75) is 24.4 Å². The first-order valence-corrected chi connectivity index (χ1v) is 13.0. The van der Waals surface area contributed by atoms with Crippen LogP contribution in [0.1, 0.15) is 16.8 Å². The number of rotatable bonds is 4. The summed E-state index contributed by atoms with van der Waals surface area (Å²) in [6, 6.07) is 6.42. The molecule has 0 N–H and O–H groups in total. The summed E-state index contributed by atoms with van der Waals surface area (Å²) in [6.45, 7) is 0.713. The number of fused-ring (bicyclic) bond motifs is 3. The number of sulfone groups is 1. The van der Waals surface area contributed by atoms with Crippen LogP contribution in [0.5, 0.6) is 0 Å². The van der Waals surface area contributed by atoms with Gasteiger partial charge in [-0.1, -0.05) is 12.1 Å². The van der Waals surface area contributed by atoms with Gasteiger partial charge < -0.3 is 4.57 Å². The molecule has 0 saturated heterocycles. The molecule has 0 bridgehead atoms. The SMILES string of the molecule is Cn1c2c(c3cnn(Cc4cccc(S(C)(=O)=O)c4)c(=O)c31)CCN(S(C)(=O)=O)C2. The van der Waals surface area contributed by atoms with Gasteiger partial charge in [0, 0.05) is 30.9 Å². The number of hydrogen-bond donors (Lipinski definition) is 0. The van der Waals surface area contributed by atoms with Crippen molar-refractivity contribution >= 4 is 30.8 Å². The Morgan fingerprint density at radius 1 is 1.13 bits per heavy atom. The Balaban J connectivity index is 1.78. The minimum Gasteiger partial charge on any atom is -0.342 e. The summed E-state index contributed by atoms with van der Waals surface area (Å²) in [5, 5.41) is 5.02. The molecular weight excluding hydrogens is 428 g/mol. The predicted octanol–water partition coefficient (Wildman–Crippen LogP) is 0.504. The lowest BCUT2D eigenvalue weighted by molar-refractivity contribution is 0.386. The second-order valence-corrected chi connectivity index (χ2v) is 11.6. The largest absolute Gasteiger partial charge is 0.342 e. The molecule has 0 aliphatic carbocycles. The molecule has 3 heterocycles. The standard InChI is InChI=1S/C19H22N4O5S2/c1-21-17-12-22(30(3,27)28)8-7-15(17)16-10-20-23(19(24)18(16)21)11-13-5-4-6-14(9-13)29(2,25)26/h4-6,9-10H,7-8,11-12H2,1-3H3. The molecule has 1 aliphatic rings. The highest BCUT2D eigenvalue weighted by atomic mass is 32.2. The maximum absolute atomic E-state index is 13.2. The summed E-state index contributed by atoms with van der Waals surface area (Å²) >= 11 is 0. The summed E-state index contributed by atoms with van der Waals surface area (Å²) in [5.74, 6) is 0. The van der Waals surface area contributed by atoms with Gasteiger partial charge in [-0.15, -0.1) is 0 Å². The molecule has 160 valence electrons. The maximum Gasteiger partial charge on any atom is 0.291 e. The summed E-state index contributed by atoms with van der Waals surface area (Å²) in [6.07, 6.45) is 4.46. The van der Waals surface area contributed by atoms with Crippen molar-refractivity contribution in [3.63, 3.8) is 0 Å². The van der Waals surface area contributed by atoms with Crippen molar-refractivity contribution in [2.24, 2.45) is 7.05 Å². The molecule has 1 aliphatic heterocycles. The van der Waals surface area contributed by atoms with E-state index in [4.69, 9.17) is 0 Å². The second-order valence-electron chi connectivity index (χ2n) is 7.62. The number of benzene rings is 1. The lowest BCUT2D eigenvalue weighted by Gasteiger charge is -2.25. The Bertz CT molecular complexity index is 1440. The number of aromatic nitrogens is 3.